The van der Waals surface area contributed by atoms with Crippen molar-refractivity contribution in [2.24, 2.45) is 0 Å². The molecule has 0 unspecified atom stereocenters. The molecule has 3 nitrogen and oxygen atoms in total. The number of hydrogen-bond acceptors (Lipinski definition) is 3. The van der Waals surface area contributed by atoms with Gasteiger partial charge in [-0.1, -0.05) is 12.1 Å². The third-order valence-electron chi connectivity index (χ3n) is 1.49. The van der Waals surface area contributed by atoms with Gasteiger partial charge in [-0.05, 0) is 35.0 Å². The summed E-state index contributed by atoms with van der Waals surface area (Å²) in [5, 5.41) is 0. The van der Waals surface area contributed by atoms with Gasteiger partial charge in [0.15, 0.2) is 6.61 Å². The van der Waals surface area contributed by atoms with Gasteiger partial charge in [0.1, 0.15) is 5.75 Å². The Hall–Kier alpha value is -1.03. The summed E-state index contributed by atoms with van der Waals surface area (Å²) < 4.78 is 10.8. The van der Waals surface area contributed by atoms with E-state index in [0.29, 0.717) is 12.4 Å². The van der Waals surface area contributed by atoms with Gasteiger partial charge < -0.3 is 9.47 Å². The van der Waals surface area contributed by atoms with E-state index in [1.165, 1.54) is 0 Å². The topological polar surface area (TPSA) is 35.5 Å². The van der Waals surface area contributed by atoms with Crippen molar-refractivity contribution in [2.75, 3.05) is 13.2 Å². The lowest BCUT2D eigenvalue weighted by Crippen LogP contribution is -2.14. The SMILES string of the molecule is CCOC(=O)COc1ccccc1Br. The van der Waals surface area contributed by atoms with Gasteiger partial charge in [0.25, 0.3) is 0 Å². The largest absolute Gasteiger partial charge is 0.481 e. The van der Waals surface area contributed by atoms with E-state index in [1.54, 1.807) is 13.0 Å². The van der Waals surface area contributed by atoms with E-state index < -0.39 is 0 Å². The van der Waals surface area contributed by atoms with Crippen LogP contribution in [0.1, 0.15) is 6.92 Å². The third kappa shape index (κ3) is 3.38. The second kappa shape index (κ2) is 5.65. The minimum absolute atomic E-state index is 0.0591. The summed E-state index contributed by atoms with van der Waals surface area (Å²) in [7, 11) is 0. The van der Waals surface area contributed by atoms with Crippen LogP contribution >= 0.6 is 15.9 Å². The van der Waals surface area contributed by atoms with E-state index in [2.05, 4.69) is 15.9 Å². The Bertz CT molecular complexity index is 312. The Morgan fingerprint density at radius 3 is 2.79 bits per heavy atom. The minimum atomic E-state index is -0.358. The Kier molecular flexibility index (Phi) is 4.46. The van der Waals surface area contributed by atoms with E-state index in [0.717, 1.165) is 4.47 Å². The zero-order valence-electron chi connectivity index (χ0n) is 7.83. The van der Waals surface area contributed by atoms with Gasteiger partial charge in [-0.15, -0.1) is 0 Å². The van der Waals surface area contributed by atoms with Crippen molar-refractivity contribution in [3.63, 3.8) is 0 Å². The normalized spacial score (nSPS) is 9.57. The molecule has 0 saturated heterocycles. The molecular weight excluding hydrogens is 248 g/mol. The van der Waals surface area contributed by atoms with E-state index in [1.807, 2.05) is 18.2 Å². The summed E-state index contributed by atoms with van der Waals surface area (Å²) in [6.07, 6.45) is 0. The number of hydrogen-bond donors (Lipinski definition) is 0. The third-order valence-corrected chi connectivity index (χ3v) is 2.14. The zero-order valence-corrected chi connectivity index (χ0v) is 9.41. The number of carbonyl (C=O) groups is 1. The number of carbonyl (C=O) groups excluding carboxylic acids is 1. The average Bonchev–Trinajstić information content (AvgIpc) is 2.17. The quantitative estimate of drug-likeness (QED) is 0.779. The lowest BCUT2D eigenvalue weighted by Gasteiger charge is -2.06. The summed E-state index contributed by atoms with van der Waals surface area (Å²) in [4.78, 5) is 11.0. The molecule has 0 heterocycles. The smallest absolute Gasteiger partial charge is 0.344 e. The number of benzene rings is 1. The highest BCUT2D eigenvalue weighted by molar-refractivity contribution is 9.10. The number of ether oxygens (including phenoxy) is 2. The molecule has 0 saturated carbocycles. The summed E-state index contributed by atoms with van der Waals surface area (Å²) in [6, 6.07) is 7.34. The van der Waals surface area contributed by atoms with Gasteiger partial charge in [-0.2, -0.15) is 0 Å². The molecule has 0 atom stereocenters. The Balaban J connectivity index is 2.46. The first-order valence-electron chi connectivity index (χ1n) is 4.27. The van der Waals surface area contributed by atoms with Crippen molar-refractivity contribution in [2.45, 2.75) is 6.92 Å². The van der Waals surface area contributed by atoms with Crippen LogP contribution in [0.4, 0.5) is 0 Å². The molecule has 0 N–H and O–H groups in total. The molecule has 0 fully saturated rings. The molecule has 0 aliphatic rings. The molecule has 1 rings (SSSR count). The molecule has 76 valence electrons. The van der Waals surface area contributed by atoms with E-state index in [-0.39, 0.29) is 12.6 Å². The van der Waals surface area contributed by atoms with Crippen molar-refractivity contribution >= 4 is 21.9 Å². The van der Waals surface area contributed by atoms with Crippen LogP contribution in [0.15, 0.2) is 28.7 Å². The second-order valence-corrected chi connectivity index (χ2v) is 3.38. The zero-order chi connectivity index (χ0) is 10.4. The Morgan fingerprint density at radius 1 is 1.43 bits per heavy atom. The van der Waals surface area contributed by atoms with Crippen LogP contribution in [0.25, 0.3) is 0 Å². The lowest BCUT2D eigenvalue weighted by atomic mass is 10.3. The predicted molar refractivity (Wildman–Crippen MR) is 56.3 cm³/mol. The molecule has 4 heteroatoms. The summed E-state index contributed by atoms with van der Waals surface area (Å²) in [6.45, 7) is 2.07. The molecule has 0 aliphatic heterocycles. The van der Waals surface area contributed by atoms with Crippen LogP contribution in [0.2, 0.25) is 0 Å². The van der Waals surface area contributed by atoms with E-state index in [4.69, 9.17) is 9.47 Å². The molecule has 1 aromatic carbocycles. The molecule has 0 amide bonds. The fourth-order valence-electron chi connectivity index (χ4n) is 0.901. The molecule has 1 aromatic rings. The summed E-state index contributed by atoms with van der Waals surface area (Å²) >= 11 is 3.31. The first-order chi connectivity index (χ1) is 6.74. The average molecular weight is 259 g/mol. The summed E-state index contributed by atoms with van der Waals surface area (Å²) in [5.74, 6) is 0.281. The van der Waals surface area contributed by atoms with Gasteiger partial charge in [-0.3, -0.25) is 0 Å². The van der Waals surface area contributed by atoms with Crippen LogP contribution in [-0.2, 0) is 9.53 Å². The van der Waals surface area contributed by atoms with Gasteiger partial charge in [0.2, 0.25) is 0 Å². The fraction of sp³-hybridized carbons (Fsp3) is 0.300. The number of esters is 1. The molecule has 0 aliphatic carbocycles. The Labute approximate surface area is 91.1 Å². The predicted octanol–water partition coefficient (Wildman–Crippen LogP) is 2.39. The summed E-state index contributed by atoms with van der Waals surface area (Å²) in [5.41, 5.74) is 0. The van der Waals surface area contributed by atoms with Crippen molar-refractivity contribution in [1.82, 2.24) is 0 Å². The fourth-order valence-corrected chi connectivity index (χ4v) is 1.30. The number of halogens is 1. The molecule has 0 aromatic heterocycles. The monoisotopic (exact) mass is 258 g/mol. The van der Waals surface area contributed by atoms with E-state index in [9.17, 15) is 4.79 Å². The molecule has 0 bridgehead atoms. The standard InChI is InChI=1S/C10H11BrO3/c1-2-13-10(12)7-14-9-6-4-3-5-8(9)11/h3-6H,2,7H2,1H3. The van der Waals surface area contributed by atoms with Gasteiger partial charge in [-0.25, -0.2) is 4.79 Å². The van der Waals surface area contributed by atoms with Crippen molar-refractivity contribution in [1.29, 1.82) is 0 Å². The number of rotatable bonds is 4. The molecular formula is C10H11BrO3. The van der Waals surface area contributed by atoms with Crippen molar-refractivity contribution < 1.29 is 14.3 Å². The van der Waals surface area contributed by atoms with Crippen LogP contribution in [0.3, 0.4) is 0 Å². The maximum absolute atomic E-state index is 11.0. The Morgan fingerprint density at radius 2 is 2.14 bits per heavy atom. The highest BCUT2D eigenvalue weighted by Crippen LogP contribution is 2.23. The van der Waals surface area contributed by atoms with Crippen LogP contribution < -0.4 is 4.74 Å². The van der Waals surface area contributed by atoms with Crippen LogP contribution in [0, 0.1) is 0 Å². The molecule has 14 heavy (non-hydrogen) atoms. The van der Waals surface area contributed by atoms with E-state index >= 15 is 0 Å². The molecule has 0 radical (unpaired) electrons. The van der Waals surface area contributed by atoms with Crippen LogP contribution in [-0.4, -0.2) is 19.2 Å². The van der Waals surface area contributed by atoms with Gasteiger partial charge >= 0.3 is 5.97 Å². The maximum Gasteiger partial charge on any atom is 0.344 e. The minimum Gasteiger partial charge on any atom is -0.481 e. The van der Waals surface area contributed by atoms with Crippen molar-refractivity contribution in [3.8, 4) is 5.75 Å². The first-order valence-corrected chi connectivity index (χ1v) is 5.06. The molecule has 0 spiro atoms. The van der Waals surface area contributed by atoms with Gasteiger partial charge in [0.05, 0.1) is 11.1 Å². The van der Waals surface area contributed by atoms with Crippen LogP contribution in [0.5, 0.6) is 5.75 Å². The number of para-hydroxylation sites is 1. The van der Waals surface area contributed by atoms with Crippen molar-refractivity contribution in [3.05, 3.63) is 28.7 Å². The maximum atomic E-state index is 11.0. The lowest BCUT2D eigenvalue weighted by molar-refractivity contribution is -0.145. The second-order valence-electron chi connectivity index (χ2n) is 2.52. The first kappa shape index (κ1) is 11.0. The van der Waals surface area contributed by atoms with Gasteiger partial charge in [0, 0.05) is 0 Å². The highest BCUT2D eigenvalue weighted by atomic mass is 79.9. The highest BCUT2D eigenvalue weighted by Gasteiger charge is 2.04.